The topological polar surface area (TPSA) is 105 Å². The van der Waals surface area contributed by atoms with E-state index in [1.165, 1.54) is 11.4 Å². The van der Waals surface area contributed by atoms with E-state index >= 15 is 0 Å². The third-order valence-corrected chi connectivity index (χ3v) is 8.35. The number of sulfonamides is 1. The summed E-state index contributed by atoms with van der Waals surface area (Å²) in [4.78, 5) is 33.0. The Morgan fingerprint density at radius 1 is 1.06 bits per heavy atom. The fourth-order valence-electron chi connectivity index (χ4n) is 4.43. The zero-order chi connectivity index (χ0) is 24.9. The van der Waals surface area contributed by atoms with Gasteiger partial charge >= 0.3 is 6.09 Å². The van der Waals surface area contributed by atoms with Gasteiger partial charge in [0.2, 0.25) is 15.9 Å². The molecular weight excluding hydrogens is 458 g/mol. The lowest BCUT2D eigenvalue weighted by Crippen LogP contribution is -2.37. The first-order valence-corrected chi connectivity index (χ1v) is 13.3. The molecule has 2 amide bonds. The minimum Gasteiger partial charge on any atom is -0.453 e. The minimum atomic E-state index is -3.57. The number of imidazole rings is 1. The van der Waals surface area contributed by atoms with Crippen LogP contribution >= 0.6 is 0 Å². The number of aryl methyl sites for hydroxylation is 2. The Morgan fingerprint density at radius 3 is 2.38 bits per heavy atom. The second-order valence-electron chi connectivity index (χ2n) is 8.20. The predicted octanol–water partition coefficient (Wildman–Crippen LogP) is 2.32. The Morgan fingerprint density at radius 2 is 1.74 bits per heavy atom. The van der Waals surface area contributed by atoms with Crippen LogP contribution in [0, 0.1) is 0 Å². The van der Waals surface area contributed by atoms with Crippen molar-refractivity contribution >= 4 is 33.1 Å². The molecule has 1 aromatic heterocycles. The molecule has 1 aliphatic heterocycles. The molecule has 0 spiro atoms. The molecule has 34 heavy (non-hydrogen) atoms. The number of carbonyl (C=O) groups is 2. The molecule has 0 aliphatic carbocycles. The molecule has 3 rings (SSSR count). The van der Waals surface area contributed by atoms with Gasteiger partial charge in [-0.3, -0.25) is 4.79 Å². The Bertz CT molecular complexity index is 1130. The highest BCUT2D eigenvalue weighted by Gasteiger charge is 2.24. The molecule has 2 heterocycles. The van der Waals surface area contributed by atoms with Crippen LogP contribution in [0.3, 0.4) is 0 Å². The van der Waals surface area contributed by atoms with Gasteiger partial charge in [-0.1, -0.05) is 13.8 Å². The van der Waals surface area contributed by atoms with Crippen molar-refractivity contribution in [3.8, 4) is 0 Å². The maximum Gasteiger partial charge on any atom is 0.409 e. The average Bonchev–Trinajstić information content (AvgIpc) is 3.00. The van der Waals surface area contributed by atoms with Gasteiger partial charge in [0.1, 0.15) is 5.82 Å². The van der Waals surface area contributed by atoms with Crippen molar-refractivity contribution in [2.24, 2.45) is 0 Å². The standard InChI is InChI=1S/C23H35N5O5S/c1-5-27(6-2)34(31,32)18-9-10-20-19(17-18)24-21(28(20)7-3)11-12-22(29)25-13-8-14-26(16-15-25)23(30)33-4/h9-10,17H,5-8,11-16H2,1-4H3. The van der Waals surface area contributed by atoms with Crippen LogP contribution in [0.4, 0.5) is 4.79 Å². The number of ether oxygens (including phenoxy) is 1. The number of nitrogens with zero attached hydrogens (tertiary/aromatic N) is 5. The number of methoxy groups -OCH3 is 1. The first-order chi connectivity index (χ1) is 16.3. The van der Waals surface area contributed by atoms with E-state index in [2.05, 4.69) is 0 Å². The van der Waals surface area contributed by atoms with Crippen LogP contribution in [0.2, 0.25) is 0 Å². The molecular formula is C23H35N5O5S. The highest BCUT2D eigenvalue weighted by molar-refractivity contribution is 7.89. The summed E-state index contributed by atoms with van der Waals surface area (Å²) in [5.74, 6) is 0.778. The number of fused-ring (bicyclic) bond motifs is 1. The van der Waals surface area contributed by atoms with Gasteiger partial charge < -0.3 is 19.1 Å². The van der Waals surface area contributed by atoms with Gasteiger partial charge in [0.05, 0.1) is 23.0 Å². The molecule has 1 fully saturated rings. The Balaban J connectivity index is 1.74. The molecule has 0 unspecified atom stereocenters. The number of benzene rings is 1. The van der Waals surface area contributed by atoms with Crippen molar-refractivity contribution in [3.05, 3.63) is 24.0 Å². The summed E-state index contributed by atoms with van der Waals surface area (Å²) >= 11 is 0. The summed E-state index contributed by atoms with van der Waals surface area (Å²) < 4.78 is 34.1. The van der Waals surface area contributed by atoms with Crippen LogP contribution in [-0.2, 0) is 32.5 Å². The van der Waals surface area contributed by atoms with E-state index in [0.717, 1.165) is 11.3 Å². The molecule has 11 heteroatoms. The van der Waals surface area contributed by atoms with Gasteiger partial charge in [-0.05, 0) is 31.5 Å². The monoisotopic (exact) mass is 493 g/mol. The smallest absolute Gasteiger partial charge is 0.409 e. The maximum atomic E-state index is 12.9. The zero-order valence-electron chi connectivity index (χ0n) is 20.5. The summed E-state index contributed by atoms with van der Waals surface area (Å²) in [6.07, 6.45) is 1.09. The number of amides is 2. The van der Waals surface area contributed by atoms with Gasteiger partial charge in [-0.25, -0.2) is 18.2 Å². The van der Waals surface area contributed by atoms with E-state index in [4.69, 9.17) is 9.72 Å². The number of rotatable bonds is 8. The molecule has 0 atom stereocenters. The molecule has 1 saturated heterocycles. The molecule has 188 valence electrons. The highest BCUT2D eigenvalue weighted by Crippen LogP contribution is 2.24. The highest BCUT2D eigenvalue weighted by atomic mass is 32.2. The Kier molecular flexibility index (Phi) is 8.53. The Labute approximate surface area is 201 Å². The quantitative estimate of drug-likeness (QED) is 0.559. The molecule has 2 aromatic rings. The van der Waals surface area contributed by atoms with Gasteiger partial charge in [0.15, 0.2) is 0 Å². The minimum absolute atomic E-state index is 0.0197. The summed E-state index contributed by atoms with van der Waals surface area (Å²) in [7, 11) is -2.21. The third-order valence-electron chi connectivity index (χ3n) is 6.30. The van der Waals surface area contributed by atoms with Crippen LogP contribution in [0.15, 0.2) is 23.1 Å². The summed E-state index contributed by atoms with van der Waals surface area (Å²) in [6.45, 7) is 9.21. The first-order valence-electron chi connectivity index (χ1n) is 11.9. The van der Waals surface area contributed by atoms with E-state index in [1.807, 2.05) is 25.3 Å². The molecule has 1 aromatic carbocycles. The summed E-state index contributed by atoms with van der Waals surface area (Å²) in [5, 5.41) is 0. The van der Waals surface area contributed by atoms with Crippen molar-refractivity contribution in [2.75, 3.05) is 46.4 Å². The van der Waals surface area contributed by atoms with Crippen LogP contribution in [-0.4, -0.2) is 90.5 Å². The SMILES string of the molecule is CCN(CC)S(=O)(=O)c1ccc2c(c1)nc(CCC(=O)N1CCCN(C(=O)OC)CC1)n2CC. The third kappa shape index (κ3) is 5.35. The molecule has 1 aliphatic rings. The van der Waals surface area contributed by atoms with Gasteiger partial charge in [0.25, 0.3) is 0 Å². The van der Waals surface area contributed by atoms with Crippen molar-refractivity contribution < 1.29 is 22.7 Å². The molecule has 10 nitrogen and oxygen atoms in total. The van der Waals surface area contributed by atoms with Crippen LogP contribution < -0.4 is 0 Å². The molecule has 0 bridgehead atoms. The summed E-state index contributed by atoms with van der Waals surface area (Å²) in [5.41, 5.74) is 1.47. The van der Waals surface area contributed by atoms with Crippen molar-refractivity contribution in [1.29, 1.82) is 0 Å². The van der Waals surface area contributed by atoms with Crippen LogP contribution in [0.5, 0.6) is 0 Å². The van der Waals surface area contributed by atoms with Crippen LogP contribution in [0.25, 0.3) is 11.0 Å². The van der Waals surface area contributed by atoms with E-state index in [0.29, 0.717) is 70.6 Å². The fourth-order valence-corrected chi connectivity index (χ4v) is 5.91. The first kappa shape index (κ1) is 26.0. The second kappa shape index (κ2) is 11.2. The van der Waals surface area contributed by atoms with Crippen molar-refractivity contribution in [2.45, 2.75) is 51.5 Å². The zero-order valence-corrected chi connectivity index (χ0v) is 21.3. The van der Waals surface area contributed by atoms with Gasteiger partial charge in [-0.15, -0.1) is 0 Å². The largest absolute Gasteiger partial charge is 0.453 e. The van der Waals surface area contributed by atoms with Gasteiger partial charge in [-0.2, -0.15) is 4.31 Å². The predicted molar refractivity (Wildman–Crippen MR) is 129 cm³/mol. The normalized spacial score (nSPS) is 15.1. The van der Waals surface area contributed by atoms with Gasteiger partial charge in [0, 0.05) is 58.7 Å². The van der Waals surface area contributed by atoms with Crippen molar-refractivity contribution in [1.82, 2.24) is 23.7 Å². The summed E-state index contributed by atoms with van der Waals surface area (Å²) in [6, 6.07) is 5.05. The van der Waals surface area contributed by atoms with E-state index in [9.17, 15) is 18.0 Å². The Hall–Kier alpha value is -2.66. The molecule has 0 N–H and O–H groups in total. The average molecular weight is 494 g/mol. The van der Waals surface area contributed by atoms with Crippen molar-refractivity contribution in [3.63, 3.8) is 0 Å². The fraction of sp³-hybridized carbons (Fsp3) is 0.609. The number of hydrogen-bond donors (Lipinski definition) is 0. The number of aromatic nitrogens is 2. The van der Waals surface area contributed by atoms with E-state index < -0.39 is 10.0 Å². The lowest BCUT2D eigenvalue weighted by molar-refractivity contribution is -0.131. The maximum absolute atomic E-state index is 12.9. The van der Waals surface area contributed by atoms with Crippen LogP contribution in [0.1, 0.15) is 39.4 Å². The number of carbonyl (C=O) groups excluding carboxylic acids is 2. The molecule has 0 radical (unpaired) electrons. The molecule has 0 saturated carbocycles. The van der Waals surface area contributed by atoms with E-state index in [-0.39, 0.29) is 16.9 Å². The second-order valence-corrected chi connectivity index (χ2v) is 10.1. The van der Waals surface area contributed by atoms with E-state index in [1.54, 1.807) is 28.0 Å². The number of hydrogen-bond acceptors (Lipinski definition) is 6. The lowest BCUT2D eigenvalue weighted by Gasteiger charge is -2.21. The lowest BCUT2D eigenvalue weighted by atomic mass is 10.2.